The van der Waals surface area contributed by atoms with Crippen molar-refractivity contribution in [1.29, 1.82) is 0 Å². The van der Waals surface area contributed by atoms with Crippen molar-refractivity contribution in [3.8, 4) is 0 Å². The lowest BCUT2D eigenvalue weighted by Gasteiger charge is -2.32. The molecule has 1 aromatic carbocycles. The molecule has 0 amide bonds. The summed E-state index contributed by atoms with van der Waals surface area (Å²) >= 11 is 0. The van der Waals surface area contributed by atoms with Crippen LogP contribution in [0.25, 0.3) is 0 Å². The van der Waals surface area contributed by atoms with Gasteiger partial charge in [-0.2, -0.15) is 0 Å². The van der Waals surface area contributed by atoms with Gasteiger partial charge in [0.05, 0.1) is 11.2 Å². The van der Waals surface area contributed by atoms with Crippen LogP contribution in [0.3, 0.4) is 0 Å². The van der Waals surface area contributed by atoms with Gasteiger partial charge in [0.15, 0.2) is 0 Å². The Balaban J connectivity index is 1.94. The first-order valence-corrected chi connectivity index (χ1v) is 9.64. The van der Waals surface area contributed by atoms with E-state index in [1.165, 1.54) is 24.8 Å². The fourth-order valence-corrected chi connectivity index (χ4v) is 3.00. The Morgan fingerprint density at radius 1 is 1.00 bits per heavy atom. The number of likely N-dealkylation sites (N-methyl/N-ethyl adjacent to an activating group) is 1. The van der Waals surface area contributed by atoms with Gasteiger partial charge in [-0.3, -0.25) is 0 Å². The van der Waals surface area contributed by atoms with Crippen molar-refractivity contribution in [2.45, 2.75) is 71.1 Å². The number of hydrogen-bond donors (Lipinski definition) is 2. The number of unbranched alkanes of at least 4 members (excludes halogenated alkanes) is 2. The van der Waals surface area contributed by atoms with Crippen LogP contribution >= 0.6 is 0 Å². The van der Waals surface area contributed by atoms with Gasteiger partial charge in [0.25, 0.3) is 0 Å². The Bertz CT molecular complexity index is 515. The lowest BCUT2D eigenvalue weighted by Crippen LogP contribution is -2.41. The maximum absolute atomic E-state index is 6.13. The smallest absolute Gasteiger partial charge is 0.399 e. The molecule has 1 saturated heterocycles. The predicted octanol–water partition coefficient (Wildman–Crippen LogP) is 3.03. The molecule has 5 heteroatoms. The Hall–Kier alpha value is -0.875. The second kappa shape index (κ2) is 8.67. The van der Waals surface area contributed by atoms with Crippen LogP contribution < -0.4 is 16.1 Å². The maximum Gasteiger partial charge on any atom is 0.494 e. The Morgan fingerprint density at radius 2 is 1.60 bits per heavy atom. The molecule has 1 atom stereocenters. The summed E-state index contributed by atoms with van der Waals surface area (Å²) in [5.74, 6) is 0. The molecule has 2 N–H and O–H groups in total. The van der Waals surface area contributed by atoms with Crippen molar-refractivity contribution >= 4 is 12.6 Å². The quantitative estimate of drug-likeness (QED) is 0.533. The summed E-state index contributed by atoms with van der Waals surface area (Å²) in [6, 6.07) is 8.91. The van der Waals surface area contributed by atoms with Gasteiger partial charge < -0.3 is 19.9 Å². The van der Waals surface area contributed by atoms with Crippen LogP contribution in [0, 0.1) is 0 Å². The molecule has 0 aromatic heterocycles. The van der Waals surface area contributed by atoms with E-state index >= 15 is 0 Å². The average Bonchev–Trinajstić information content (AvgIpc) is 2.79. The van der Waals surface area contributed by atoms with Crippen LogP contribution in [0.15, 0.2) is 24.3 Å². The molecule has 0 saturated carbocycles. The molecule has 1 heterocycles. The molecule has 1 aromatic rings. The molecule has 0 spiro atoms. The minimum Gasteiger partial charge on any atom is -0.399 e. The fourth-order valence-electron chi connectivity index (χ4n) is 3.00. The molecule has 25 heavy (non-hydrogen) atoms. The van der Waals surface area contributed by atoms with Crippen LogP contribution in [-0.2, 0) is 9.31 Å². The zero-order chi connectivity index (χ0) is 18.5. The van der Waals surface area contributed by atoms with Crippen LogP contribution in [0.5, 0.6) is 0 Å². The Labute approximate surface area is 154 Å². The van der Waals surface area contributed by atoms with Crippen molar-refractivity contribution in [2.24, 2.45) is 0 Å². The van der Waals surface area contributed by atoms with E-state index in [4.69, 9.17) is 9.31 Å². The van der Waals surface area contributed by atoms with Crippen LogP contribution in [0.4, 0.5) is 0 Å². The summed E-state index contributed by atoms with van der Waals surface area (Å²) < 4.78 is 12.3. The van der Waals surface area contributed by atoms with Gasteiger partial charge in [-0.25, -0.2) is 0 Å². The molecule has 1 fully saturated rings. The van der Waals surface area contributed by atoms with Gasteiger partial charge in [-0.1, -0.05) is 44.0 Å². The zero-order valence-electron chi connectivity index (χ0n) is 16.8. The average molecular weight is 346 g/mol. The van der Waals surface area contributed by atoms with E-state index < -0.39 is 0 Å². The monoisotopic (exact) mass is 346 g/mol. The first-order valence-electron chi connectivity index (χ1n) is 9.64. The van der Waals surface area contributed by atoms with Crippen molar-refractivity contribution in [3.05, 3.63) is 29.8 Å². The number of rotatable bonds is 9. The van der Waals surface area contributed by atoms with Gasteiger partial charge in [0, 0.05) is 12.6 Å². The third-order valence-corrected chi connectivity index (χ3v) is 5.52. The summed E-state index contributed by atoms with van der Waals surface area (Å²) in [4.78, 5) is 0. The third-order valence-electron chi connectivity index (χ3n) is 5.52. The highest BCUT2D eigenvalue weighted by molar-refractivity contribution is 6.62. The standard InChI is InChI=1S/C20H35BN2O2/c1-7-8-9-14-23-15-18(22-6)16-10-12-17(13-11-16)21-24-19(2,3)20(4,5)25-21/h10-13,18,22-23H,7-9,14-15H2,1-6H3. The van der Waals surface area contributed by atoms with Crippen molar-refractivity contribution in [3.63, 3.8) is 0 Å². The minimum atomic E-state index is -0.299. The normalized spacial score (nSPS) is 20.0. The molecule has 4 nitrogen and oxygen atoms in total. The van der Waals surface area contributed by atoms with E-state index in [9.17, 15) is 0 Å². The van der Waals surface area contributed by atoms with Gasteiger partial charge in [-0.15, -0.1) is 0 Å². The summed E-state index contributed by atoms with van der Waals surface area (Å²) in [5, 5.41) is 6.95. The van der Waals surface area contributed by atoms with E-state index in [-0.39, 0.29) is 18.3 Å². The molecule has 0 aliphatic carbocycles. The third kappa shape index (κ3) is 5.07. The van der Waals surface area contributed by atoms with Crippen LogP contribution in [0.1, 0.15) is 65.5 Å². The highest BCUT2D eigenvalue weighted by Crippen LogP contribution is 2.36. The number of benzene rings is 1. The van der Waals surface area contributed by atoms with Gasteiger partial charge in [0.1, 0.15) is 0 Å². The molecular weight excluding hydrogens is 311 g/mol. The lowest BCUT2D eigenvalue weighted by molar-refractivity contribution is 0.00578. The van der Waals surface area contributed by atoms with Crippen LogP contribution in [0.2, 0.25) is 0 Å². The number of hydrogen-bond acceptors (Lipinski definition) is 4. The highest BCUT2D eigenvalue weighted by Gasteiger charge is 2.51. The topological polar surface area (TPSA) is 42.5 Å². The van der Waals surface area contributed by atoms with E-state index in [0.717, 1.165) is 18.6 Å². The predicted molar refractivity (Wildman–Crippen MR) is 106 cm³/mol. The minimum absolute atomic E-state index is 0.292. The van der Waals surface area contributed by atoms with Crippen molar-refractivity contribution < 1.29 is 9.31 Å². The molecule has 140 valence electrons. The van der Waals surface area contributed by atoms with E-state index in [2.05, 4.69) is 69.5 Å². The van der Waals surface area contributed by atoms with Crippen molar-refractivity contribution in [2.75, 3.05) is 20.1 Å². The summed E-state index contributed by atoms with van der Waals surface area (Å²) in [6.45, 7) is 12.6. The lowest BCUT2D eigenvalue weighted by atomic mass is 9.78. The van der Waals surface area contributed by atoms with Gasteiger partial charge in [-0.05, 0) is 58.7 Å². The Kier molecular flexibility index (Phi) is 7.09. The first kappa shape index (κ1) is 20.4. The second-order valence-corrected chi connectivity index (χ2v) is 8.01. The van der Waals surface area contributed by atoms with E-state index in [1.807, 2.05) is 7.05 Å². The molecular formula is C20H35BN2O2. The molecule has 2 rings (SSSR count). The second-order valence-electron chi connectivity index (χ2n) is 8.01. The molecule has 0 radical (unpaired) electrons. The van der Waals surface area contributed by atoms with Crippen molar-refractivity contribution in [1.82, 2.24) is 10.6 Å². The summed E-state index contributed by atoms with van der Waals surface area (Å²) in [5.41, 5.74) is 1.76. The number of nitrogens with one attached hydrogen (secondary N) is 2. The SMILES string of the molecule is CCCCCNCC(NC)c1ccc(B2OC(C)(C)C(C)(C)O2)cc1. The summed E-state index contributed by atoms with van der Waals surface area (Å²) in [6.07, 6.45) is 3.80. The zero-order valence-corrected chi connectivity index (χ0v) is 16.8. The largest absolute Gasteiger partial charge is 0.494 e. The Morgan fingerprint density at radius 3 is 2.12 bits per heavy atom. The molecule has 1 unspecified atom stereocenters. The fraction of sp³-hybridized carbons (Fsp3) is 0.700. The van der Waals surface area contributed by atoms with E-state index in [1.54, 1.807) is 0 Å². The van der Waals surface area contributed by atoms with Gasteiger partial charge in [0.2, 0.25) is 0 Å². The van der Waals surface area contributed by atoms with Gasteiger partial charge >= 0.3 is 7.12 Å². The first-order chi connectivity index (χ1) is 11.8. The highest BCUT2D eigenvalue weighted by atomic mass is 16.7. The maximum atomic E-state index is 6.13. The molecule has 0 bridgehead atoms. The van der Waals surface area contributed by atoms with Crippen LogP contribution in [-0.4, -0.2) is 38.5 Å². The molecule has 1 aliphatic rings. The molecule has 1 aliphatic heterocycles. The van der Waals surface area contributed by atoms with E-state index in [0.29, 0.717) is 6.04 Å². The summed E-state index contributed by atoms with van der Waals surface area (Å²) in [7, 11) is 1.72.